The highest BCUT2D eigenvalue weighted by molar-refractivity contribution is 5.99. The summed E-state index contributed by atoms with van der Waals surface area (Å²) in [4.78, 5) is 24.5. The van der Waals surface area contributed by atoms with Crippen LogP contribution in [0.2, 0.25) is 0 Å². The summed E-state index contributed by atoms with van der Waals surface area (Å²) in [6.45, 7) is 8.68. The molecule has 0 heterocycles. The number of hydrogen-bond donors (Lipinski definition) is 2. The molecule has 0 aliphatic heterocycles. The number of hydrogen-bond acceptors (Lipinski definition) is 3. The van der Waals surface area contributed by atoms with E-state index in [1.807, 2.05) is 32.9 Å². The summed E-state index contributed by atoms with van der Waals surface area (Å²) in [5.74, 6) is 0.208. The Labute approximate surface area is 167 Å². The number of nitrogens with one attached hydrogen (secondary N) is 2. The van der Waals surface area contributed by atoms with Gasteiger partial charge in [-0.05, 0) is 62.6 Å². The van der Waals surface area contributed by atoms with Gasteiger partial charge in [-0.3, -0.25) is 9.59 Å². The highest BCUT2D eigenvalue weighted by Gasteiger charge is 2.11. The van der Waals surface area contributed by atoms with Gasteiger partial charge in [0.05, 0.1) is 13.2 Å². The zero-order valence-corrected chi connectivity index (χ0v) is 17.2. The van der Waals surface area contributed by atoms with Gasteiger partial charge in [0.15, 0.2) is 0 Å². The first-order chi connectivity index (χ1) is 13.4. The summed E-state index contributed by atoms with van der Waals surface area (Å²) in [6.07, 6.45) is 3.32. The smallest absolute Gasteiger partial charge is 0.251 e. The molecule has 28 heavy (non-hydrogen) atoms. The van der Waals surface area contributed by atoms with Crippen LogP contribution in [-0.2, 0) is 4.79 Å². The Balaban J connectivity index is 1.84. The Kier molecular flexibility index (Phi) is 8.05. The van der Waals surface area contributed by atoms with Gasteiger partial charge in [-0.25, -0.2) is 0 Å². The summed E-state index contributed by atoms with van der Waals surface area (Å²) < 4.78 is 5.64. The molecule has 0 fully saturated rings. The lowest BCUT2D eigenvalue weighted by molar-refractivity contribution is -0.115. The van der Waals surface area contributed by atoms with E-state index in [2.05, 4.69) is 17.6 Å². The number of unbranched alkanes of at least 4 members (excludes halogenated alkanes) is 2. The van der Waals surface area contributed by atoms with Gasteiger partial charge in [0, 0.05) is 11.3 Å². The molecule has 150 valence electrons. The van der Waals surface area contributed by atoms with Crippen LogP contribution in [-0.4, -0.2) is 25.0 Å². The Bertz CT molecular complexity index is 790. The highest BCUT2D eigenvalue weighted by atomic mass is 16.5. The SMILES string of the molecule is CCCCCOc1ccc(C(=O)NCC(=O)Nc2c(C)cc(C)cc2C)cc1. The van der Waals surface area contributed by atoms with E-state index >= 15 is 0 Å². The molecule has 2 aromatic rings. The van der Waals surface area contributed by atoms with Gasteiger partial charge in [0.1, 0.15) is 5.75 Å². The molecular formula is C23H30N2O3. The van der Waals surface area contributed by atoms with Crippen molar-refractivity contribution >= 4 is 17.5 Å². The Hall–Kier alpha value is -2.82. The maximum atomic E-state index is 12.3. The van der Waals surface area contributed by atoms with Gasteiger partial charge in [-0.2, -0.15) is 0 Å². The first-order valence-corrected chi connectivity index (χ1v) is 9.79. The fraction of sp³-hybridized carbons (Fsp3) is 0.391. The third kappa shape index (κ3) is 6.41. The average molecular weight is 383 g/mol. The van der Waals surface area contributed by atoms with E-state index in [0.717, 1.165) is 47.4 Å². The van der Waals surface area contributed by atoms with Crippen molar-refractivity contribution < 1.29 is 14.3 Å². The maximum absolute atomic E-state index is 12.3. The highest BCUT2D eigenvalue weighted by Crippen LogP contribution is 2.21. The van der Waals surface area contributed by atoms with E-state index in [1.54, 1.807) is 24.3 Å². The third-order valence-corrected chi connectivity index (χ3v) is 4.48. The normalized spacial score (nSPS) is 10.4. The summed E-state index contributed by atoms with van der Waals surface area (Å²) in [5, 5.41) is 5.54. The van der Waals surface area contributed by atoms with Crippen LogP contribution in [0.3, 0.4) is 0 Å². The minimum absolute atomic E-state index is 0.0825. The van der Waals surface area contributed by atoms with Crippen LogP contribution in [0, 0.1) is 20.8 Å². The molecule has 0 aliphatic rings. The van der Waals surface area contributed by atoms with Gasteiger partial charge in [0.25, 0.3) is 5.91 Å². The number of benzene rings is 2. The molecule has 0 spiro atoms. The molecule has 5 heteroatoms. The van der Waals surface area contributed by atoms with Crippen LogP contribution in [0.4, 0.5) is 5.69 Å². The van der Waals surface area contributed by atoms with Crippen LogP contribution in [0.15, 0.2) is 36.4 Å². The zero-order chi connectivity index (χ0) is 20.5. The molecule has 2 amide bonds. The number of rotatable bonds is 9. The molecule has 0 aliphatic carbocycles. The summed E-state index contributed by atoms with van der Waals surface area (Å²) in [6, 6.07) is 11.0. The van der Waals surface area contributed by atoms with E-state index in [0.29, 0.717) is 12.2 Å². The lowest BCUT2D eigenvalue weighted by Crippen LogP contribution is -2.33. The zero-order valence-electron chi connectivity index (χ0n) is 17.2. The van der Waals surface area contributed by atoms with E-state index in [1.165, 1.54) is 0 Å². The number of anilines is 1. The van der Waals surface area contributed by atoms with Crippen molar-refractivity contribution in [3.8, 4) is 5.75 Å². The molecule has 2 rings (SSSR count). The first-order valence-electron chi connectivity index (χ1n) is 9.79. The average Bonchev–Trinajstić information content (AvgIpc) is 2.66. The topological polar surface area (TPSA) is 67.4 Å². The molecule has 0 atom stereocenters. The van der Waals surface area contributed by atoms with Crippen molar-refractivity contribution in [3.63, 3.8) is 0 Å². The molecular weight excluding hydrogens is 352 g/mol. The first kappa shape index (κ1) is 21.5. The lowest BCUT2D eigenvalue weighted by atomic mass is 10.1. The van der Waals surface area contributed by atoms with Crippen LogP contribution >= 0.6 is 0 Å². The van der Waals surface area contributed by atoms with Gasteiger partial charge in [-0.1, -0.05) is 37.5 Å². The predicted octanol–water partition coefficient (Wildman–Crippen LogP) is 4.55. The summed E-state index contributed by atoms with van der Waals surface area (Å²) in [5.41, 5.74) is 4.46. The molecule has 0 radical (unpaired) electrons. The molecule has 5 nitrogen and oxygen atoms in total. The quantitative estimate of drug-likeness (QED) is 0.625. The van der Waals surface area contributed by atoms with Crippen LogP contribution < -0.4 is 15.4 Å². The van der Waals surface area contributed by atoms with Crippen molar-refractivity contribution in [3.05, 3.63) is 58.7 Å². The Morgan fingerprint density at radius 2 is 1.61 bits per heavy atom. The second-order valence-electron chi connectivity index (χ2n) is 7.08. The van der Waals surface area contributed by atoms with Gasteiger partial charge < -0.3 is 15.4 Å². The van der Waals surface area contributed by atoms with Gasteiger partial charge in [0.2, 0.25) is 5.91 Å². The minimum atomic E-state index is -0.287. The van der Waals surface area contributed by atoms with Crippen LogP contribution in [0.25, 0.3) is 0 Å². The largest absolute Gasteiger partial charge is 0.494 e. The van der Waals surface area contributed by atoms with Crippen molar-refractivity contribution in [1.82, 2.24) is 5.32 Å². The van der Waals surface area contributed by atoms with E-state index in [9.17, 15) is 9.59 Å². The maximum Gasteiger partial charge on any atom is 0.251 e. The number of amides is 2. The van der Waals surface area contributed by atoms with Gasteiger partial charge in [-0.15, -0.1) is 0 Å². The summed E-state index contributed by atoms with van der Waals surface area (Å²) >= 11 is 0. The second kappa shape index (κ2) is 10.5. The number of carbonyl (C=O) groups excluding carboxylic acids is 2. The molecule has 0 saturated heterocycles. The monoisotopic (exact) mass is 382 g/mol. The third-order valence-electron chi connectivity index (χ3n) is 4.48. The predicted molar refractivity (Wildman–Crippen MR) is 113 cm³/mol. The number of aryl methyl sites for hydroxylation is 3. The fourth-order valence-electron chi connectivity index (χ4n) is 3.07. The van der Waals surface area contributed by atoms with Crippen molar-refractivity contribution in [1.29, 1.82) is 0 Å². The number of carbonyl (C=O) groups is 2. The summed E-state index contributed by atoms with van der Waals surface area (Å²) in [7, 11) is 0. The van der Waals surface area contributed by atoms with Crippen molar-refractivity contribution in [2.24, 2.45) is 0 Å². The van der Waals surface area contributed by atoms with E-state index in [4.69, 9.17) is 4.74 Å². The second-order valence-corrected chi connectivity index (χ2v) is 7.08. The minimum Gasteiger partial charge on any atom is -0.494 e. The molecule has 2 N–H and O–H groups in total. The number of ether oxygens (including phenoxy) is 1. The molecule has 0 saturated carbocycles. The standard InChI is InChI=1S/C23H30N2O3/c1-5-6-7-12-28-20-10-8-19(9-11-20)23(27)24-15-21(26)25-22-17(3)13-16(2)14-18(22)4/h8-11,13-14H,5-7,12,15H2,1-4H3,(H,24,27)(H,25,26). The fourth-order valence-corrected chi connectivity index (χ4v) is 3.07. The van der Waals surface area contributed by atoms with Gasteiger partial charge >= 0.3 is 0 Å². The molecule has 0 unspecified atom stereocenters. The molecule has 0 aromatic heterocycles. The van der Waals surface area contributed by atoms with E-state index < -0.39 is 0 Å². The van der Waals surface area contributed by atoms with Crippen molar-refractivity contribution in [2.75, 3.05) is 18.5 Å². The lowest BCUT2D eigenvalue weighted by Gasteiger charge is -2.13. The molecule has 2 aromatic carbocycles. The van der Waals surface area contributed by atoms with Crippen LogP contribution in [0.5, 0.6) is 5.75 Å². The Morgan fingerprint density at radius 1 is 0.964 bits per heavy atom. The van der Waals surface area contributed by atoms with Crippen molar-refractivity contribution in [2.45, 2.75) is 47.0 Å². The molecule has 0 bridgehead atoms. The van der Waals surface area contributed by atoms with E-state index in [-0.39, 0.29) is 18.4 Å². The Morgan fingerprint density at radius 3 is 2.21 bits per heavy atom. The van der Waals surface area contributed by atoms with Crippen LogP contribution in [0.1, 0.15) is 53.2 Å².